The molecule has 0 amide bonds. The van der Waals surface area contributed by atoms with E-state index in [1.54, 1.807) is 0 Å². The highest BCUT2D eigenvalue weighted by molar-refractivity contribution is 5.91. The average molecular weight is 285 g/mol. The van der Waals surface area contributed by atoms with Crippen molar-refractivity contribution in [2.24, 2.45) is 0 Å². The first-order chi connectivity index (χ1) is 9.90. The van der Waals surface area contributed by atoms with Crippen molar-refractivity contribution >= 4 is 16.6 Å². The Balaban J connectivity index is 2.39. The van der Waals surface area contributed by atoms with E-state index in [1.165, 1.54) is 11.1 Å². The van der Waals surface area contributed by atoms with Crippen molar-refractivity contribution < 1.29 is 0 Å². The van der Waals surface area contributed by atoms with Crippen LogP contribution in [0.5, 0.6) is 0 Å². The van der Waals surface area contributed by atoms with Crippen LogP contribution in [0.15, 0.2) is 30.3 Å². The van der Waals surface area contributed by atoms with Crippen LogP contribution >= 0.6 is 0 Å². The van der Waals surface area contributed by atoms with Gasteiger partial charge in [-0.2, -0.15) is 0 Å². The number of fused-ring (bicyclic) bond motifs is 1. The standard InChI is InChI=1S/C18H27N3/c1-6-11-21(5)17-12-14(13-19-18(2,3)4)20-16-10-8-7-9-15(16)17/h7-10,12,19H,6,11,13H2,1-5H3. The fourth-order valence-electron chi connectivity index (χ4n) is 2.43. The van der Waals surface area contributed by atoms with Gasteiger partial charge in [0.25, 0.3) is 0 Å². The SMILES string of the molecule is CCCN(C)c1cc(CNC(C)(C)C)nc2ccccc12. The summed E-state index contributed by atoms with van der Waals surface area (Å²) >= 11 is 0. The minimum Gasteiger partial charge on any atom is -0.374 e. The summed E-state index contributed by atoms with van der Waals surface area (Å²) in [4.78, 5) is 7.12. The second kappa shape index (κ2) is 6.44. The number of nitrogens with zero attached hydrogens (tertiary/aromatic N) is 2. The van der Waals surface area contributed by atoms with Gasteiger partial charge in [-0.3, -0.25) is 4.98 Å². The molecule has 0 atom stereocenters. The molecule has 1 N–H and O–H groups in total. The predicted molar refractivity (Wildman–Crippen MR) is 91.9 cm³/mol. The Morgan fingerprint density at radius 1 is 1.19 bits per heavy atom. The highest BCUT2D eigenvalue weighted by Crippen LogP contribution is 2.26. The van der Waals surface area contributed by atoms with Gasteiger partial charge in [0.2, 0.25) is 0 Å². The molecule has 114 valence electrons. The lowest BCUT2D eigenvalue weighted by molar-refractivity contribution is 0.421. The van der Waals surface area contributed by atoms with Crippen LogP contribution in [-0.4, -0.2) is 24.1 Å². The number of benzene rings is 1. The number of rotatable bonds is 5. The van der Waals surface area contributed by atoms with Crippen LogP contribution in [0.2, 0.25) is 0 Å². The van der Waals surface area contributed by atoms with Crippen LogP contribution < -0.4 is 10.2 Å². The van der Waals surface area contributed by atoms with Gasteiger partial charge < -0.3 is 10.2 Å². The maximum atomic E-state index is 4.79. The molecule has 0 unspecified atom stereocenters. The molecule has 0 aliphatic heterocycles. The molecule has 2 aromatic rings. The smallest absolute Gasteiger partial charge is 0.0726 e. The zero-order valence-electron chi connectivity index (χ0n) is 13.9. The van der Waals surface area contributed by atoms with E-state index < -0.39 is 0 Å². The zero-order valence-corrected chi connectivity index (χ0v) is 13.9. The quantitative estimate of drug-likeness (QED) is 0.901. The van der Waals surface area contributed by atoms with Crippen molar-refractivity contribution in [3.05, 3.63) is 36.0 Å². The van der Waals surface area contributed by atoms with Gasteiger partial charge in [-0.25, -0.2) is 0 Å². The molecule has 0 fully saturated rings. The Labute approximate surface area is 128 Å². The Hall–Kier alpha value is -1.61. The van der Waals surface area contributed by atoms with Crippen LogP contribution in [0, 0.1) is 0 Å². The molecule has 21 heavy (non-hydrogen) atoms. The normalized spacial score (nSPS) is 11.9. The largest absolute Gasteiger partial charge is 0.374 e. The van der Waals surface area contributed by atoms with E-state index in [4.69, 9.17) is 4.98 Å². The number of para-hydroxylation sites is 1. The number of anilines is 1. The van der Waals surface area contributed by atoms with E-state index in [1.807, 2.05) is 0 Å². The lowest BCUT2D eigenvalue weighted by atomic mass is 10.1. The molecule has 0 radical (unpaired) electrons. The maximum Gasteiger partial charge on any atom is 0.0726 e. The van der Waals surface area contributed by atoms with Gasteiger partial charge in [0.05, 0.1) is 11.2 Å². The zero-order chi connectivity index (χ0) is 15.5. The molecule has 3 nitrogen and oxygen atoms in total. The summed E-state index contributed by atoms with van der Waals surface area (Å²) in [6.07, 6.45) is 1.14. The van der Waals surface area contributed by atoms with Crippen molar-refractivity contribution in [3.8, 4) is 0 Å². The predicted octanol–water partition coefficient (Wildman–Crippen LogP) is 3.97. The summed E-state index contributed by atoms with van der Waals surface area (Å²) in [5.74, 6) is 0. The second-order valence-electron chi connectivity index (χ2n) is 6.67. The second-order valence-corrected chi connectivity index (χ2v) is 6.67. The van der Waals surface area contributed by atoms with Crippen molar-refractivity contribution in [3.63, 3.8) is 0 Å². The number of hydrogen-bond acceptors (Lipinski definition) is 3. The van der Waals surface area contributed by atoms with E-state index >= 15 is 0 Å². The van der Waals surface area contributed by atoms with Gasteiger partial charge in [0.15, 0.2) is 0 Å². The van der Waals surface area contributed by atoms with Crippen molar-refractivity contribution in [2.75, 3.05) is 18.5 Å². The molecule has 0 spiro atoms. The fourth-order valence-corrected chi connectivity index (χ4v) is 2.43. The number of pyridine rings is 1. The summed E-state index contributed by atoms with van der Waals surface area (Å²) in [7, 11) is 2.16. The molecular weight excluding hydrogens is 258 g/mol. The summed E-state index contributed by atoms with van der Waals surface area (Å²) in [6.45, 7) is 10.6. The van der Waals surface area contributed by atoms with Gasteiger partial charge in [0, 0.05) is 36.7 Å². The maximum absolute atomic E-state index is 4.79. The van der Waals surface area contributed by atoms with Crippen molar-refractivity contribution in [1.29, 1.82) is 0 Å². The van der Waals surface area contributed by atoms with Crippen LogP contribution in [0.4, 0.5) is 5.69 Å². The summed E-state index contributed by atoms with van der Waals surface area (Å²) in [5.41, 5.74) is 3.54. The van der Waals surface area contributed by atoms with E-state index in [0.717, 1.165) is 30.7 Å². The number of hydrogen-bond donors (Lipinski definition) is 1. The van der Waals surface area contributed by atoms with Gasteiger partial charge in [0.1, 0.15) is 0 Å². The lowest BCUT2D eigenvalue weighted by Gasteiger charge is -2.23. The molecule has 0 saturated heterocycles. The highest BCUT2D eigenvalue weighted by atomic mass is 15.1. The monoisotopic (exact) mass is 285 g/mol. The molecule has 0 aliphatic rings. The minimum atomic E-state index is 0.100. The van der Waals surface area contributed by atoms with E-state index in [9.17, 15) is 0 Å². The first kappa shape index (κ1) is 15.8. The molecular formula is C18H27N3. The molecule has 1 aromatic heterocycles. The average Bonchev–Trinajstić information content (AvgIpc) is 2.43. The Bertz CT molecular complexity index is 599. The van der Waals surface area contributed by atoms with Gasteiger partial charge >= 0.3 is 0 Å². The van der Waals surface area contributed by atoms with Crippen molar-refractivity contribution in [2.45, 2.75) is 46.2 Å². The first-order valence-electron chi connectivity index (χ1n) is 7.75. The molecule has 2 rings (SSSR count). The lowest BCUT2D eigenvalue weighted by Crippen LogP contribution is -2.35. The molecule has 1 aromatic carbocycles. The van der Waals surface area contributed by atoms with Crippen LogP contribution in [0.1, 0.15) is 39.8 Å². The molecule has 3 heteroatoms. The molecule has 1 heterocycles. The topological polar surface area (TPSA) is 28.2 Å². The third-order valence-corrected chi connectivity index (χ3v) is 3.52. The Morgan fingerprint density at radius 3 is 2.57 bits per heavy atom. The van der Waals surface area contributed by atoms with Gasteiger partial charge in [-0.05, 0) is 39.3 Å². The van der Waals surface area contributed by atoms with E-state index in [0.29, 0.717) is 0 Å². The van der Waals surface area contributed by atoms with Gasteiger partial charge in [-0.15, -0.1) is 0 Å². The summed E-state index contributed by atoms with van der Waals surface area (Å²) < 4.78 is 0. The van der Waals surface area contributed by atoms with Crippen molar-refractivity contribution in [1.82, 2.24) is 10.3 Å². The molecule has 0 aliphatic carbocycles. The first-order valence-corrected chi connectivity index (χ1v) is 7.75. The third-order valence-electron chi connectivity index (χ3n) is 3.52. The Kier molecular flexibility index (Phi) is 4.84. The van der Waals surface area contributed by atoms with Crippen LogP contribution in [0.3, 0.4) is 0 Å². The highest BCUT2D eigenvalue weighted by Gasteiger charge is 2.12. The summed E-state index contributed by atoms with van der Waals surface area (Å²) in [6, 6.07) is 10.6. The van der Waals surface area contributed by atoms with E-state index in [-0.39, 0.29) is 5.54 Å². The molecule has 0 saturated carbocycles. The molecule has 0 bridgehead atoms. The number of nitrogens with one attached hydrogen (secondary N) is 1. The fraction of sp³-hybridized carbons (Fsp3) is 0.500. The van der Waals surface area contributed by atoms with Crippen LogP contribution in [0.25, 0.3) is 10.9 Å². The minimum absolute atomic E-state index is 0.100. The van der Waals surface area contributed by atoms with Crippen LogP contribution in [-0.2, 0) is 6.54 Å². The third kappa shape index (κ3) is 4.18. The summed E-state index contributed by atoms with van der Waals surface area (Å²) in [5, 5.41) is 4.75. The number of aromatic nitrogens is 1. The Morgan fingerprint density at radius 2 is 1.90 bits per heavy atom. The van der Waals surface area contributed by atoms with E-state index in [2.05, 4.69) is 75.3 Å². The van der Waals surface area contributed by atoms with Gasteiger partial charge in [-0.1, -0.05) is 25.1 Å².